The Balaban J connectivity index is 2.13. The minimum Gasteiger partial charge on any atom is -0.373 e. The van der Waals surface area contributed by atoms with E-state index in [0.29, 0.717) is 0 Å². The third-order valence-corrected chi connectivity index (χ3v) is 3.58. The molecule has 20 heavy (non-hydrogen) atoms. The van der Waals surface area contributed by atoms with Crippen molar-refractivity contribution in [1.29, 1.82) is 0 Å². The first-order chi connectivity index (χ1) is 9.56. The minimum atomic E-state index is -0.496. The summed E-state index contributed by atoms with van der Waals surface area (Å²) < 4.78 is 0. The Hall–Kier alpha value is -2.28. The van der Waals surface area contributed by atoms with Crippen LogP contribution in [0.5, 0.6) is 0 Å². The highest BCUT2D eigenvalue weighted by Crippen LogP contribution is 2.21. The number of carbonyl (C=O) groups is 2. The Morgan fingerprint density at radius 1 is 1.50 bits per heavy atom. The van der Waals surface area contributed by atoms with Crippen molar-refractivity contribution < 1.29 is 9.59 Å². The molecule has 1 heterocycles. The molecule has 1 aromatic rings. The lowest BCUT2D eigenvalue weighted by atomic mass is 10.2. The second-order valence-corrected chi connectivity index (χ2v) is 4.99. The zero-order valence-electron chi connectivity index (χ0n) is 11.7. The predicted molar refractivity (Wildman–Crippen MR) is 78.0 cm³/mol. The number of amides is 2. The maximum Gasteiger partial charge on any atom is 0.252 e. The molecule has 0 saturated carbocycles. The molecule has 1 saturated heterocycles. The van der Waals surface area contributed by atoms with Gasteiger partial charge in [0.15, 0.2) is 0 Å². The predicted octanol–water partition coefficient (Wildman–Crippen LogP) is 2.01. The normalized spacial score (nSPS) is 19.9. The molecule has 2 atom stereocenters. The van der Waals surface area contributed by atoms with Crippen molar-refractivity contribution in [3.8, 4) is 12.3 Å². The van der Waals surface area contributed by atoms with Gasteiger partial charge in [-0.25, -0.2) is 0 Å². The standard InChI is InChI=1S/C16H18N2O2/c1-4-11(3)18-15(19)10-14(16(18)20)17-13-8-6-7-12(5-2)9-13/h2,6-9,11,14,17H,4,10H2,1,3H3. The maximum atomic E-state index is 12.3. The number of rotatable bonds is 4. The summed E-state index contributed by atoms with van der Waals surface area (Å²) >= 11 is 0. The fourth-order valence-electron chi connectivity index (χ4n) is 2.31. The van der Waals surface area contributed by atoms with Crippen LogP contribution in [0.3, 0.4) is 0 Å². The molecule has 1 fully saturated rings. The number of terminal acetylenes is 1. The Bertz CT molecular complexity index is 574. The van der Waals surface area contributed by atoms with E-state index in [1.165, 1.54) is 4.90 Å². The van der Waals surface area contributed by atoms with Crippen molar-refractivity contribution in [1.82, 2.24) is 4.90 Å². The Kier molecular flexibility index (Phi) is 4.09. The third-order valence-electron chi connectivity index (χ3n) is 3.58. The lowest BCUT2D eigenvalue weighted by molar-refractivity contribution is -0.140. The van der Waals surface area contributed by atoms with E-state index < -0.39 is 6.04 Å². The SMILES string of the molecule is C#Cc1cccc(NC2CC(=O)N(C(C)CC)C2=O)c1. The molecule has 2 amide bonds. The van der Waals surface area contributed by atoms with Crippen LogP contribution in [0.1, 0.15) is 32.3 Å². The van der Waals surface area contributed by atoms with Gasteiger partial charge in [-0.2, -0.15) is 0 Å². The molecule has 2 rings (SSSR count). The number of imide groups is 1. The Morgan fingerprint density at radius 2 is 2.25 bits per heavy atom. The second-order valence-electron chi connectivity index (χ2n) is 4.99. The summed E-state index contributed by atoms with van der Waals surface area (Å²) in [7, 11) is 0. The van der Waals surface area contributed by atoms with Gasteiger partial charge >= 0.3 is 0 Å². The quantitative estimate of drug-likeness (QED) is 0.672. The maximum absolute atomic E-state index is 12.3. The molecule has 0 aromatic heterocycles. The number of hydrogen-bond acceptors (Lipinski definition) is 3. The van der Waals surface area contributed by atoms with Crippen molar-refractivity contribution in [3.05, 3.63) is 29.8 Å². The smallest absolute Gasteiger partial charge is 0.252 e. The summed E-state index contributed by atoms with van der Waals surface area (Å²) in [4.78, 5) is 25.6. The second kappa shape index (κ2) is 5.79. The summed E-state index contributed by atoms with van der Waals surface area (Å²) in [6.07, 6.45) is 6.31. The van der Waals surface area contributed by atoms with Crippen LogP contribution < -0.4 is 5.32 Å². The molecule has 4 heteroatoms. The molecule has 0 spiro atoms. The molecular weight excluding hydrogens is 252 g/mol. The molecule has 4 nitrogen and oxygen atoms in total. The lowest BCUT2D eigenvalue weighted by Crippen LogP contribution is -2.40. The van der Waals surface area contributed by atoms with Crippen LogP contribution in [-0.4, -0.2) is 28.8 Å². The van der Waals surface area contributed by atoms with Crippen LogP contribution in [-0.2, 0) is 9.59 Å². The first-order valence-corrected chi connectivity index (χ1v) is 6.76. The number of nitrogens with zero attached hydrogens (tertiary/aromatic N) is 1. The highest BCUT2D eigenvalue weighted by Gasteiger charge is 2.40. The molecule has 1 aromatic carbocycles. The van der Waals surface area contributed by atoms with E-state index in [9.17, 15) is 9.59 Å². The Labute approximate surface area is 119 Å². The van der Waals surface area contributed by atoms with Gasteiger partial charge in [-0.1, -0.05) is 18.9 Å². The van der Waals surface area contributed by atoms with Crippen LogP contribution in [0.4, 0.5) is 5.69 Å². The zero-order chi connectivity index (χ0) is 14.7. The number of likely N-dealkylation sites (tertiary alicyclic amines) is 1. The van der Waals surface area contributed by atoms with Gasteiger partial charge < -0.3 is 5.32 Å². The zero-order valence-corrected chi connectivity index (χ0v) is 11.7. The Morgan fingerprint density at radius 3 is 2.90 bits per heavy atom. The van der Waals surface area contributed by atoms with Gasteiger partial charge in [0.2, 0.25) is 5.91 Å². The summed E-state index contributed by atoms with van der Waals surface area (Å²) in [5.74, 6) is 2.27. The van der Waals surface area contributed by atoms with Gasteiger partial charge in [0.25, 0.3) is 5.91 Å². The van der Waals surface area contributed by atoms with E-state index in [4.69, 9.17) is 6.42 Å². The van der Waals surface area contributed by atoms with Crippen LogP contribution >= 0.6 is 0 Å². The number of anilines is 1. The molecule has 1 aliphatic rings. The van der Waals surface area contributed by atoms with Crippen LogP contribution in [0.2, 0.25) is 0 Å². The average Bonchev–Trinajstić information content (AvgIpc) is 2.73. The fourth-order valence-corrected chi connectivity index (χ4v) is 2.31. The lowest BCUT2D eigenvalue weighted by Gasteiger charge is -2.21. The summed E-state index contributed by atoms with van der Waals surface area (Å²) in [6.45, 7) is 3.85. The van der Waals surface area contributed by atoms with Crippen molar-refractivity contribution in [2.45, 2.75) is 38.8 Å². The molecule has 104 valence electrons. The molecule has 0 aliphatic carbocycles. The van der Waals surface area contributed by atoms with Gasteiger partial charge in [-0.05, 0) is 31.5 Å². The monoisotopic (exact) mass is 270 g/mol. The van der Waals surface area contributed by atoms with E-state index in [1.54, 1.807) is 6.07 Å². The van der Waals surface area contributed by atoms with Gasteiger partial charge in [-0.3, -0.25) is 14.5 Å². The number of nitrogens with one attached hydrogen (secondary N) is 1. The first-order valence-electron chi connectivity index (χ1n) is 6.76. The van der Waals surface area contributed by atoms with Gasteiger partial charge in [-0.15, -0.1) is 6.42 Å². The number of hydrogen-bond donors (Lipinski definition) is 1. The average molecular weight is 270 g/mol. The van der Waals surface area contributed by atoms with Crippen LogP contribution in [0.25, 0.3) is 0 Å². The number of benzene rings is 1. The van der Waals surface area contributed by atoms with E-state index in [0.717, 1.165) is 17.7 Å². The van der Waals surface area contributed by atoms with Crippen LogP contribution in [0.15, 0.2) is 24.3 Å². The molecule has 0 bridgehead atoms. The van der Waals surface area contributed by atoms with Crippen molar-refractivity contribution in [3.63, 3.8) is 0 Å². The number of carbonyl (C=O) groups excluding carboxylic acids is 2. The molecule has 0 radical (unpaired) electrons. The summed E-state index contributed by atoms with van der Waals surface area (Å²) in [6, 6.07) is 6.72. The van der Waals surface area contributed by atoms with Gasteiger partial charge in [0.1, 0.15) is 6.04 Å². The van der Waals surface area contributed by atoms with Gasteiger partial charge in [0, 0.05) is 17.3 Å². The van der Waals surface area contributed by atoms with Crippen LogP contribution in [0, 0.1) is 12.3 Å². The topological polar surface area (TPSA) is 49.4 Å². The summed E-state index contributed by atoms with van der Waals surface area (Å²) in [5.41, 5.74) is 1.50. The highest BCUT2D eigenvalue weighted by molar-refractivity contribution is 6.07. The molecule has 1 aliphatic heterocycles. The molecular formula is C16H18N2O2. The third kappa shape index (κ3) is 2.67. The van der Waals surface area contributed by atoms with E-state index >= 15 is 0 Å². The van der Waals surface area contributed by atoms with Crippen molar-refractivity contribution in [2.75, 3.05) is 5.32 Å². The largest absolute Gasteiger partial charge is 0.373 e. The summed E-state index contributed by atoms with van der Waals surface area (Å²) in [5, 5.41) is 3.10. The highest BCUT2D eigenvalue weighted by atomic mass is 16.2. The van der Waals surface area contributed by atoms with E-state index in [2.05, 4.69) is 11.2 Å². The van der Waals surface area contributed by atoms with Gasteiger partial charge in [0.05, 0.1) is 6.42 Å². The van der Waals surface area contributed by atoms with Crippen molar-refractivity contribution >= 4 is 17.5 Å². The first kappa shape index (κ1) is 14.1. The van der Waals surface area contributed by atoms with Crippen molar-refractivity contribution in [2.24, 2.45) is 0 Å². The van der Waals surface area contributed by atoms with E-state index in [-0.39, 0.29) is 24.3 Å². The molecule has 1 N–H and O–H groups in total. The van der Waals surface area contributed by atoms with E-state index in [1.807, 2.05) is 32.0 Å². The minimum absolute atomic E-state index is 0.0566. The molecule has 2 unspecified atom stereocenters. The fraction of sp³-hybridized carbons (Fsp3) is 0.375.